The zero-order valence-corrected chi connectivity index (χ0v) is 8.19. The van der Waals surface area contributed by atoms with Crippen LogP contribution in [0.2, 0.25) is 0 Å². The Kier molecular flexibility index (Phi) is 2.92. The zero-order valence-electron chi connectivity index (χ0n) is 7.37. The number of hydrogen-bond donors (Lipinski definition) is 1. The molecule has 0 radical (unpaired) electrons. The van der Waals surface area contributed by atoms with Gasteiger partial charge in [0.1, 0.15) is 11.2 Å². The van der Waals surface area contributed by atoms with Gasteiger partial charge in [-0.2, -0.15) is 8.42 Å². The van der Waals surface area contributed by atoms with Gasteiger partial charge in [-0.05, 0) is 6.92 Å². The van der Waals surface area contributed by atoms with Crippen molar-refractivity contribution in [1.29, 1.82) is 0 Å². The summed E-state index contributed by atoms with van der Waals surface area (Å²) in [4.78, 5) is -0.367. The highest BCUT2D eigenvalue weighted by atomic mass is 32.2. The summed E-state index contributed by atoms with van der Waals surface area (Å²) in [5.74, 6) is 0.0782. The Hall–Kier alpha value is -1.34. The van der Waals surface area contributed by atoms with E-state index >= 15 is 0 Å². The minimum Gasteiger partial charge on any atom is -0.624 e. The van der Waals surface area contributed by atoms with E-state index in [0.717, 1.165) is 18.5 Å². The lowest BCUT2D eigenvalue weighted by Gasteiger charge is -1.96. The summed E-state index contributed by atoms with van der Waals surface area (Å²) in [5, 5.41) is 10.8. The van der Waals surface area contributed by atoms with Crippen LogP contribution in [0, 0.1) is 5.21 Å². The first kappa shape index (κ1) is 10.7. The molecule has 1 aromatic rings. The average Bonchev–Trinajstić information content (AvgIpc) is 2.51. The fourth-order valence-corrected chi connectivity index (χ4v) is 1.21. The van der Waals surface area contributed by atoms with Crippen LogP contribution in [0.15, 0.2) is 21.6 Å². The predicted molar refractivity (Wildman–Crippen MR) is 47.9 cm³/mol. The van der Waals surface area contributed by atoms with Gasteiger partial charge in [0.25, 0.3) is 10.1 Å². The van der Waals surface area contributed by atoms with E-state index in [4.69, 9.17) is 8.97 Å². The molecule has 78 valence electrons. The lowest BCUT2D eigenvalue weighted by Crippen LogP contribution is -2.03. The summed E-state index contributed by atoms with van der Waals surface area (Å²) in [6.07, 6.45) is 1.96. The molecular weight excluding hydrogens is 210 g/mol. The van der Waals surface area contributed by atoms with E-state index in [1.807, 2.05) is 0 Å². The molecule has 1 heterocycles. The first-order chi connectivity index (χ1) is 6.43. The third-order valence-corrected chi connectivity index (χ3v) is 2.29. The molecule has 1 rings (SSSR count). The lowest BCUT2D eigenvalue weighted by atomic mass is 10.5. The standard InChI is InChI=1S/C7H9NO5S/c1-2-8(9)4-6-3-7(5-13-6)14(10,11)12/h3-5H,2H2,1H3,(H,10,11,12). The van der Waals surface area contributed by atoms with Crippen molar-refractivity contribution in [2.75, 3.05) is 6.54 Å². The molecule has 0 aliphatic rings. The van der Waals surface area contributed by atoms with Gasteiger partial charge in [-0.1, -0.05) is 0 Å². The van der Waals surface area contributed by atoms with Crippen LogP contribution in [0.4, 0.5) is 0 Å². The van der Waals surface area contributed by atoms with Gasteiger partial charge < -0.3 is 9.62 Å². The molecule has 0 spiro atoms. The molecule has 1 N–H and O–H groups in total. The fraction of sp³-hybridized carbons (Fsp3) is 0.286. The molecule has 6 nitrogen and oxygen atoms in total. The molecule has 0 amide bonds. The molecule has 0 aromatic carbocycles. The summed E-state index contributed by atoms with van der Waals surface area (Å²) in [7, 11) is -4.26. The van der Waals surface area contributed by atoms with E-state index < -0.39 is 10.1 Å². The monoisotopic (exact) mass is 219 g/mol. The largest absolute Gasteiger partial charge is 0.624 e. The van der Waals surface area contributed by atoms with Crippen molar-refractivity contribution < 1.29 is 22.1 Å². The maximum absolute atomic E-state index is 10.8. The molecule has 0 fully saturated rings. The minimum atomic E-state index is -4.26. The average molecular weight is 219 g/mol. The molecule has 7 heteroatoms. The van der Waals surface area contributed by atoms with Gasteiger partial charge in [0.15, 0.2) is 12.3 Å². The zero-order chi connectivity index (χ0) is 10.8. The van der Waals surface area contributed by atoms with E-state index in [0.29, 0.717) is 4.74 Å². The maximum atomic E-state index is 10.8. The molecule has 0 atom stereocenters. The Labute approximate surface area is 80.8 Å². The minimum absolute atomic E-state index is 0.0782. The highest BCUT2D eigenvalue weighted by Gasteiger charge is 2.13. The number of hydrogen-bond acceptors (Lipinski definition) is 4. The molecule has 0 unspecified atom stereocenters. The molecule has 14 heavy (non-hydrogen) atoms. The highest BCUT2D eigenvalue weighted by Crippen LogP contribution is 2.11. The van der Waals surface area contributed by atoms with Crippen LogP contribution in [0.5, 0.6) is 0 Å². The van der Waals surface area contributed by atoms with Crippen LogP contribution in [0.25, 0.3) is 0 Å². The second-order valence-electron chi connectivity index (χ2n) is 2.52. The third-order valence-electron chi connectivity index (χ3n) is 1.48. The Bertz CT molecular complexity index is 444. The molecule has 0 aliphatic heterocycles. The predicted octanol–water partition coefficient (Wildman–Crippen LogP) is 0.475. The van der Waals surface area contributed by atoms with Gasteiger partial charge in [-0.25, -0.2) is 4.74 Å². The Morgan fingerprint density at radius 3 is 2.79 bits per heavy atom. The van der Waals surface area contributed by atoms with Gasteiger partial charge in [0.05, 0.1) is 0 Å². The molecule has 1 aromatic heterocycles. The lowest BCUT2D eigenvalue weighted by molar-refractivity contribution is -0.448. The second-order valence-corrected chi connectivity index (χ2v) is 3.94. The molecular formula is C7H9NO5S. The summed E-state index contributed by atoms with van der Waals surface area (Å²) in [6.45, 7) is 1.86. The van der Waals surface area contributed by atoms with Crippen molar-refractivity contribution in [2.24, 2.45) is 0 Å². The maximum Gasteiger partial charge on any atom is 0.297 e. The van der Waals surface area contributed by atoms with E-state index in [1.165, 1.54) is 0 Å². The van der Waals surface area contributed by atoms with Gasteiger partial charge >= 0.3 is 0 Å². The van der Waals surface area contributed by atoms with Crippen molar-refractivity contribution in [3.05, 3.63) is 23.3 Å². The topological polar surface area (TPSA) is 93.6 Å². The van der Waals surface area contributed by atoms with Crippen LogP contribution >= 0.6 is 0 Å². The van der Waals surface area contributed by atoms with Crippen LogP contribution in [0.1, 0.15) is 12.7 Å². The van der Waals surface area contributed by atoms with E-state index in [1.54, 1.807) is 6.92 Å². The Morgan fingerprint density at radius 2 is 2.36 bits per heavy atom. The number of hydroxylamine groups is 1. The van der Waals surface area contributed by atoms with Gasteiger partial charge in [0.2, 0.25) is 6.21 Å². The highest BCUT2D eigenvalue weighted by molar-refractivity contribution is 7.85. The normalized spacial score (nSPS) is 13.1. The van der Waals surface area contributed by atoms with E-state index in [2.05, 4.69) is 0 Å². The Morgan fingerprint density at radius 1 is 1.71 bits per heavy atom. The second kappa shape index (κ2) is 3.81. The van der Waals surface area contributed by atoms with Crippen molar-refractivity contribution in [3.8, 4) is 0 Å². The fourth-order valence-electron chi connectivity index (χ4n) is 0.771. The van der Waals surface area contributed by atoms with Crippen LogP contribution in [-0.2, 0) is 10.1 Å². The van der Waals surface area contributed by atoms with Gasteiger partial charge in [0, 0.05) is 6.07 Å². The van der Waals surface area contributed by atoms with E-state index in [9.17, 15) is 13.6 Å². The van der Waals surface area contributed by atoms with Crippen LogP contribution in [0.3, 0.4) is 0 Å². The van der Waals surface area contributed by atoms with Crippen LogP contribution in [-0.4, -0.2) is 30.5 Å². The Balaban J connectivity index is 3.01. The van der Waals surface area contributed by atoms with Crippen molar-refractivity contribution in [1.82, 2.24) is 0 Å². The smallest absolute Gasteiger partial charge is 0.297 e. The number of nitrogens with zero attached hydrogens (tertiary/aromatic N) is 1. The third kappa shape index (κ3) is 2.57. The van der Waals surface area contributed by atoms with Crippen LogP contribution < -0.4 is 0 Å². The summed E-state index contributed by atoms with van der Waals surface area (Å²) >= 11 is 0. The first-order valence-corrected chi connectivity index (χ1v) is 5.22. The SMILES string of the molecule is CC[N+]([O-])=Cc1cc(S(=O)(=O)O)co1. The van der Waals surface area contributed by atoms with Gasteiger partial charge in [-0.15, -0.1) is 0 Å². The number of rotatable bonds is 3. The first-order valence-electron chi connectivity index (χ1n) is 3.78. The van der Waals surface area contributed by atoms with Crippen molar-refractivity contribution >= 4 is 16.3 Å². The van der Waals surface area contributed by atoms with Gasteiger partial charge in [-0.3, -0.25) is 4.55 Å². The molecule has 0 bridgehead atoms. The molecule has 0 aliphatic carbocycles. The summed E-state index contributed by atoms with van der Waals surface area (Å²) in [5.41, 5.74) is 0. The molecule has 0 saturated carbocycles. The van der Waals surface area contributed by atoms with E-state index in [-0.39, 0.29) is 17.2 Å². The number of furan rings is 1. The molecule has 0 saturated heterocycles. The summed E-state index contributed by atoms with van der Waals surface area (Å²) in [6, 6.07) is 1.07. The van der Waals surface area contributed by atoms with Crippen molar-refractivity contribution in [3.63, 3.8) is 0 Å². The quantitative estimate of drug-likeness (QED) is 0.262. The van der Waals surface area contributed by atoms with Crippen molar-refractivity contribution in [2.45, 2.75) is 11.8 Å². The summed E-state index contributed by atoms with van der Waals surface area (Å²) < 4.78 is 35.1.